The van der Waals surface area contributed by atoms with E-state index in [9.17, 15) is 18.5 Å². The van der Waals surface area contributed by atoms with Crippen LogP contribution in [-0.4, -0.2) is 48.8 Å². The van der Waals surface area contributed by atoms with Crippen LogP contribution >= 0.6 is 0 Å². The zero-order valence-electron chi connectivity index (χ0n) is 13.9. The molecule has 0 atom stereocenters. The zero-order valence-corrected chi connectivity index (χ0v) is 14.7. The molecule has 136 valence electrons. The molecule has 2 aromatic rings. The second-order valence-corrected chi connectivity index (χ2v) is 7.57. The lowest BCUT2D eigenvalue weighted by molar-refractivity contribution is -0.384. The van der Waals surface area contributed by atoms with Crippen LogP contribution in [0, 0.1) is 10.1 Å². The van der Waals surface area contributed by atoms with E-state index in [4.69, 9.17) is 0 Å². The van der Waals surface area contributed by atoms with Gasteiger partial charge in [-0.25, -0.2) is 13.4 Å². The second-order valence-electron chi connectivity index (χ2n) is 5.75. The topological polar surface area (TPSA) is 96.7 Å². The highest BCUT2D eigenvalue weighted by molar-refractivity contribution is 7.92. The summed E-state index contributed by atoms with van der Waals surface area (Å²) in [6.07, 6.45) is 3.05. The predicted molar refractivity (Wildman–Crippen MR) is 99.1 cm³/mol. The van der Waals surface area contributed by atoms with E-state index in [1.807, 2.05) is 30.3 Å². The van der Waals surface area contributed by atoms with Crippen LogP contribution in [0.1, 0.15) is 5.56 Å². The van der Waals surface area contributed by atoms with Gasteiger partial charge in [0.15, 0.2) is 0 Å². The van der Waals surface area contributed by atoms with Gasteiger partial charge in [0, 0.05) is 43.9 Å². The highest BCUT2D eigenvalue weighted by Gasteiger charge is 2.28. The minimum atomic E-state index is -3.54. The Balaban J connectivity index is 1.68. The van der Waals surface area contributed by atoms with Crippen molar-refractivity contribution in [1.29, 1.82) is 0 Å². The van der Waals surface area contributed by atoms with E-state index in [-0.39, 0.29) is 24.6 Å². The van der Waals surface area contributed by atoms with Crippen molar-refractivity contribution < 1.29 is 13.3 Å². The van der Waals surface area contributed by atoms with Crippen molar-refractivity contribution in [3.8, 4) is 0 Å². The van der Waals surface area contributed by atoms with Crippen LogP contribution in [0.4, 0.5) is 11.5 Å². The molecule has 1 saturated heterocycles. The molecule has 2 heterocycles. The fraction of sp³-hybridized carbons (Fsp3) is 0.235. The number of piperazine rings is 1. The summed E-state index contributed by atoms with van der Waals surface area (Å²) in [7, 11) is -3.54. The summed E-state index contributed by atoms with van der Waals surface area (Å²) in [6, 6.07) is 12.1. The summed E-state index contributed by atoms with van der Waals surface area (Å²) >= 11 is 0. The molecule has 1 aromatic carbocycles. The molecule has 1 aromatic heterocycles. The number of sulfonamides is 1. The van der Waals surface area contributed by atoms with Crippen molar-refractivity contribution >= 4 is 27.6 Å². The average molecular weight is 374 g/mol. The predicted octanol–water partition coefficient (Wildman–Crippen LogP) is 2.11. The van der Waals surface area contributed by atoms with Crippen LogP contribution < -0.4 is 4.90 Å². The smallest absolute Gasteiger partial charge is 0.311 e. The van der Waals surface area contributed by atoms with Gasteiger partial charge in [-0.05, 0) is 17.7 Å². The first-order valence-electron chi connectivity index (χ1n) is 8.05. The highest BCUT2D eigenvalue weighted by Crippen LogP contribution is 2.26. The van der Waals surface area contributed by atoms with E-state index in [2.05, 4.69) is 4.98 Å². The monoisotopic (exact) mass is 374 g/mol. The Morgan fingerprint density at radius 2 is 1.73 bits per heavy atom. The van der Waals surface area contributed by atoms with Gasteiger partial charge >= 0.3 is 5.69 Å². The molecule has 0 unspecified atom stereocenters. The molecule has 8 nitrogen and oxygen atoms in total. The summed E-state index contributed by atoms with van der Waals surface area (Å²) in [5.74, 6) is 0.273. The van der Waals surface area contributed by atoms with Gasteiger partial charge < -0.3 is 4.90 Å². The molecule has 0 N–H and O–H groups in total. The van der Waals surface area contributed by atoms with Gasteiger partial charge in [-0.3, -0.25) is 10.1 Å². The van der Waals surface area contributed by atoms with Crippen molar-refractivity contribution in [2.24, 2.45) is 0 Å². The average Bonchev–Trinajstić information content (AvgIpc) is 2.67. The van der Waals surface area contributed by atoms with Crippen molar-refractivity contribution in [1.82, 2.24) is 9.29 Å². The molecule has 0 aliphatic carbocycles. The number of hydrogen-bond acceptors (Lipinski definition) is 6. The number of nitrogens with zero attached hydrogens (tertiary/aromatic N) is 4. The lowest BCUT2D eigenvalue weighted by Crippen LogP contribution is -2.48. The van der Waals surface area contributed by atoms with Crippen LogP contribution in [0.25, 0.3) is 6.08 Å². The van der Waals surface area contributed by atoms with Crippen molar-refractivity contribution in [3.63, 3.8) is 0 Å². The quantitative estimate of drug-likeness (QED) is 0.587. The maximum Gasteiger partial charge on any atom is 0.311 e. The van der Waals surface area contributed by atoms with Crippen molar-refractivity contribution in [2.75, 3.05) is 31.1 Å². The van der Waals surface area contributed by atoms with Gasteiger partial charge in [0.1, 0.15) is 0 Å². The largest absolute Gasteiger partial charge is 0.348 e. The molecule has 0 radical (unpaired) electrons. The maximum atomic E-state index is 12.5. The van der Waals surface area contributed by atoms with Gasteiger partial charge in [-0.2, -0.15) is 4.31 Å². The number of anilines is 1. The summed E-state index contributed by atoms with van der Waals surface area (Å²) in [6.45, 7) is 1.18. The van der Waals surface area contributed by atoms with Crippen molar-refractivity contribution in [2.45, 2.75) is 0 Å². The van der Waals surface area contributed by atoms with Crippen LogP contribution in [0.2, 0.25) is 0 Å². The SMILES string of the molecule is O=[N+]([O-])c1cccnc1N1CCN(S(=O)(=O)C=Cc2ccccc2)CC1. The first-order valence-corrected chi connectivity index (χ1v) is 9.55. The summed E-state index contributed by atoms with van der Waals surface area (Å²) in [4.78, 5) is 16.5. The van der Waals surface area contributed by atoms with Crippen LogP contribution in [-0.2, 0) is 10.0 Å². The van der Waals surface area contributed by atoms with Crippen LogP contribution in [0.5, 0.6) is 0 Å². The van der Waals surface area contributed by atoms with Gasteiger partial charge in [0.25, 0.3) is 0 Å². The number of nitro groups is 1. The number of rotatable bonds is 5. The third kappa shape index (κ3) is 4.06. The molecule has 9 heteroatoms. The summed E-state index contributed by atoms with van der Waals surface area (Å²) in [5.41, 5.74) is 0.728. The van der Waals surface area contributed by atoms with Crippen LogP contribution in [0.15, 0.2) is 54.1 Å². The molecule has 0 spiro atoms. The van der Waals surface area contributed by atoms with E-state index < -0.39 is 14.9 Å². The lowest BCUT2D eigenvalue weighted by Gasteiger charge is -2.33. The Kier molecular flexibility index (Phi) is 5.29. The first kappa shape index (κ1) is 18.0. The third-order valence-electron chi connectivity index (χ3n) is 4.09. The Hall–Kier alpha value is -2.78. The minimum Gasteiger partial charge on any atom is -0.348 e. The molecule has 26 heavy (non-hydrogen) atoms. The van der Waals surface area contributed by atoms with Crippen molar-refractivity contribution in [3.05, 3.63) is 69.7 Å². The first-order chi connectivity index (χ1) is 12.5. The molecule has 0 amide bonds. The fourth-order valence-corrected chi connectivity index (χ4v) is 3.92. The summed E-state index contributed by atoms with van der Waals surface area (Å²) in [5, 5.41) is 12.3. The number of aromatic nitrogens is 1. The maximum absolute atomic E-state index is 12.5. The van der Waals surface area contributed by atoms with Gasteiger partial charge in [0.2, 0.25) is 15.8 Å². The fourth-order valence-electron chi connectivity index (χ4n) is 2.74. The molecule has 3 rings (SSSR count). The number of pyridine rings is 1. The highest BCUT2D eigenvalue weighted by atomic mass is 32.2. The Morgan fingerprint density at radius 1 is 1.04 bits per heavy atom. The van der Waals surface area contributed by atoms with E-state index in [0.29, 0.717) is 13.1 Å². The Labute approximate surface area is 151 Å². The summed E-state index contributed by atoms with van der Waals surface area (Å²) < 4.78 is 26.3. The molecule has 0 saturated carbocycles. The Bertz CT molecular complexity index is 907. The molecule has 0 bridgehead atoms. The molecule has 1 aliphatic heterocycles. The number of hydrogen-bond donors (Lipinski definition) is 0. The number of benzene rings is 1. The second kappa shape index (κ2) is 7.63. The molecular weight excluding hydrogens is 356 g/mol. The van der Waals surface area contributed by atoms with E-state index in [1.54, 1.807) is 11.0 Å². The van der Waals surface area contributed by atoms with Gasteiger partial charge in [-0.1, -0.05) is 30.3 Å². The third-order valence-corrected chi connectivity index (χ3v) is 5.66. The van der Waals surface area contributed by atoms with E-state index >= 15 is 0 Å². The zero-order chi connectivity index (χ0) is 18.6. The molecule has 1 aliphatic rings. The minimum absolute atomic E-state index is 0.0761. The standard InChI is InChI=1S/C17H18N4O4S/c22-21(23)16-7-4-9-18-17(16)19-10-12-20(13-11-19)26(24,25)14-8-15-5-2-1-3-6-15/h1-9,14H,10-13H2. The van der Waals surface area contributed by atoms with E-state index in [0.717, 1.165) is 5.56 Å². The van der Waals surface area contributed by atoms with Gasteiger partial charge in [-0.15, -0.1) is 0 Å². The van der Waals surface area contributed by atoms with Gasteiger partial charge in [0.05, 0.1) is 4.92 Å². The lowest BCUT2D eigenvalue weighted by atomic mass is 10.2. The normalized spacial score (nSPS) is 16.1. The Morgan fingerprint density at radius 3 is 2.38 bits per heavy atom. The van der Waals surface area contributed by atoms with E-state index in [1.165, 1.54) is 28.0 Å². The molecule has 1 fully saturated rings. The molecular formula is C17H18N4O4S. The van der Waals surface area contributed by atoms with Crippen LogP contribution in [0.3, 0.4) is 0 Å².